The molecule has 0 radical (unpaired) electrons. The molecule has 0 aliphatic rings. The molecule has 2 rings (SSSR count). The Morgan fingerprint density at radius 3 is 2.58 bits per heavy atom. The highest BCUT2D eigenvalue weighted by Gasteiger charge is 2.16. The van der Waals surface area contributed by atoms with Gasteiger partial charge in [0.2, 0.25) is 11.8 Å². The van der Waals surface area contributed by atoms with Crippen molar-refractivity contribution in [1.82, 2.24) is 4.90 Å². The minimum atomic E-state index is -0.295. The molecule has 0 atom stereocenters. The highest BCUT2D eigenvalue weighted by atomic mass is 16.5. The van der Waals surface area contributed by atoms with Gasteiger partial charge >= 0.3 is 0 Å². The number of carbonyl (C=O) groups is 2. The molecule has 0 unspecified atom stereocenters. The standard InChI is InChI=1S/C18H22N2O4/c1-13(2)24-17-9-5-4-8-16(17)19-18(22)12-20(14(3)21)11-15-7-6-10-23-15/h4-10,13H,11-12H2,1-3H3,(H,19,22). The van der Waals surface area contributed by atoms with Crippen LogP contribution in [0.2, 0.25) is 0 Å². The molecule has 0 bridgehead atoms. The summed E-state index contributed by atoms with van der Waals surface area (Å²) in [5, 5.41) is 2.79. The molecular formula is C18H22N2O4. The van der Waals surface area contributed by atoms with Gasteiger partial charge < -0.3 is 19.4 Å². The molecule has 128 valence electrons. The van der Waals surface area contributed by atoms with Crippen LogP contribution in [0, 0.1) is 0 Å². The molecule has 1 aromatic carbocycles. The maximum Gasteiger partial charge on any atom is 0.244 e. The second-order valence-electron chi connectivity index (χ2n) is 5.67. The van der Waals surface area contributed by atoms with Crippen molar-refractivity contribution < 1.29 is 18.7 Å². The molecule has 0 aliphatic carbocycles. The third-order valence-electron chi connectivity index (χ3n) is 3.23. The highest BCUT2D eigenvalue weighted by molar-refractivity contribution is 5.95. The minimum absolute atomic E-state index is 0.00396. The van der Waals surface area contributed by atoms with E-state index in [2.05, 4.69) is 5.32 Å². The largest absolute Gasteiger partial charge is 0.489 e. The van der Waals surface area contributed by atoms with Gasteiger partial charge in [-0.2, -0.15) is 0 Å². The first kappa shape index (κ1) is 17.6. The number of hydrogen-bond acceptors (Lipinski definition) is 4. The third-order valence-corrected chi connectivity index (χ3v) is 3.23. The molecule has 0 fully saturated rings. The van der Waals surface area contributed by atoms with Crippen LogP contribution in [-0.2, 0) is 16.1 Å². The number of rotatable bonds is 7. The van der Waals surface area contributed by atoms with Gasteiger partial charge in [0, 0.05) is 6.92 Å². The van der Waals surface area contributed by atoms with Crippen molar-refractivity contribution in [1.29, 1.82) is 0 Å². The molecule has 0 saturated carbocycles. The van der Waals surface area contributed by atoms with Crippen molar-refractivity contribution in [3.8, 4) is 5.75 Å². The van der Waals surface area contributed by atoms with Gasteiger partial charge in [0.1, 0.15) is 18.1 Å². The Labute approximate surface area is 141 Å². The molecule has 0 saturated heterocycles. The topological polar surface area (TPSA) is 71.8 Å². The first-order valence-electron chi connectivity index (χ1n) is 7.79. The lowest BCUT2D eigenvalue weighted by Crippen LogP contribution is -2.36. The van der Waals surface area contributed by atoms with Gasteiger partial charge in [-0.05, 0) is 38.1 Å². The van der Waals surface area contributed by atoms with Crippen LogP contribution in [-0.4, -0.2) is 29.4 Å². The molecule has 0 spiro atoms. The van der Waals surface area contributed by atoms with Gasteiger partial charge in [0.25, 0.3) is 0 Å². The summed E-state index contributed by atoms with van der Waals surface area (Å²) in [6, 6.07) is 10.7. The van der Waals surface area contributed by atoms with Crippen LogP contribution in [0.5, 0.6) is 5.75 Å². The van der Waals surface area contributed by atoms with Crippen molar-refractivity contribution in [2.24, 2.45) is 0 Å². The Morgan fingerprint density at radius 1 is 1.21 bits per heavy atom. The Bertz CT molecular complexity index is 680. The lowest BCUT2D eigenvalue weighted by atomic mass is 10.2. The van der Waals surface area contributed by atoms with Crippen LogP contribution in [0.3, 0.4) is 0 Å². The molecule has 1 aromatic heterocycles. The number of anilines is 1. The lowest BCUT2D eigenvalue weighted by molar-refractivity contribution is -0.133. The van der Waals surface area contributed by atoms with Crippen LogP contribution in [0.25, 0.3) is 0 Å². The number of furan rings is 1. The zero-order chi connectivity index (χ0) is 17.5. The quantitative estimate of drug-likeness (QED) is 0.847. The first-order valence-corrected chi connectivity index (χ1v) is 7.79. The number of benzene rings is 1. The number of nitrogens with zero attached hydrogens (tertiary/aromatic N) is 1. The Morgan fingerprint density at radius 2 is 1.96 bits per heavy atom. The maximum atomic E-state index is 12.3. The number of para-hydroxylation sites is 2. The summed E-state index contributed by atoms with van der Waals surface area (Å²) in [5.74, 6) is 0.729. The fourth-order valence-corrected chi connectivity index (χ4v) is 2.16. The van der Waals surface area contributed by atoms with E-state index in [0.717, 1.165) is 0 Å². The van der Waals surface area contributed by atoms with Gasteiger partial charge in [0.05, 0.1) is 24.6 Å². The van der Waals surface area contributed by atoms with Crippen molar-refractivity contribution in [3.05, 3.63) is 48.4 Å². The lowest BCUT2D eigenvalue weighted by Gasteiger charge is -2.20. The third kappa shape index (κ3) is 5.15. The van der Waals surface area contributed by atoms with Gasteiger partial charge in [-0.1, -0.05) is 12.1 Å². The van der Waals surface area contributed by atoms with E-state index in [1.807, 2.05) is 26.0 Å². The zero-order valence-corrected chi connectivity index (χ0v) is 14.1. The van der Waals surface area contributed by atoms with E-state index in [0.29, 0.717) is 17.2 Å². The molecule has 1 heterocycles. The number of amides is 2. The Hall–Kier alpha value is -2.76. The van der Waals surface area contributed by atoms with Gasteiger partial charge in [-0.3, -0.25) is 9.59 Å². The van der Waals surface area contributed by atoms with E-state index in [-0.39, 0.29) is 31.0 Å². The summed E-state index contributed by atoms with van der Waals surface area (Å²) in [6.07, 6.45) is 1.53. The number of hydrogen-bond donors (Lipinski definition) is 1. The first-order chi connectivity index (χ1) is 11.5. The molecule has 0 aliphatic heterocycles. The van der Waals surface area contributed by atoms with Crippen molar-refractivity contribution >= 4 is 17.5 Å². The normalized spacial score (nSPS) is 10.5. The summed E-state index contributed by atoms with van der Waals surface area (Å²) in [7, 11) is 0. The van der Waals surface area contributed by atoms with Crippen LogP contribution in [0.15, 0.2) is 47.1 Å². The molecule has 2 aromatic rings. The maximum absolute atomic E-state index is 12.3. The number of carbonyl (C=O) groups excluding carboxylic acids is 2. The van der Waals surface area contributed by atoms with Crippen molar-refractivity contribution in [3.63, 3.8) is 0 Å². The SMILES string of the molecule is CC(=O)N(CC(=O)Nc1ccccc1OC(C)C)Cc1ccco1. The fourth-order valence-electron chi connectivity index (χ4n) is 2.16. The number of nitrogens with one attached hydrogen (secondary N) is 1. The highest BCUT2D eigenvalue weighted by Crippen LogP contribution is 2.24. The second kappa shape index (κ2) is 8.19. The van der Waals surface area contributed by atoms with Crippen LogP contribution in [0.4, 0.5) is 5.69 Å². The van der Waals surface area contributed by atoms with E-state index >= 15 is 0 Å². The fraction of sp³-hybridized carbons (Fsp3) is 0.333. The summed E-state index contributed by atoms with van der Waals surface area (Å²) in [4.78, 5) is 25.5. The average molecular weight is 330 g/mol. The molecule has 2 amide bonds. The minimum Gasteiger partial charge on any atom is -0.489 e. The van der Waals surface area contributed by atoms with Gasteiger partial charge in [-0.25, -0.2) is 0 Å². The van der Waals surface area contributed by atoms with E-state index in [1.54, 1.807) is 24.3 Å². The van der Waals surface area contributed by atoms with Crippen molar-refractivity contribution in [2.45, 2.75) is 33.4 Å². The molecular weight excluding hydrogens is 308 g/mol. The Kier molecular flexibility index (Phi) is 6.01. The summed E-state index contributed by atoms with van der Waals surface area (Å²) in [6.45, 7) is 5.44. The van der Waals surface area contributed by atoms with Crippen molar-refractivity contribution in [2.75, 3.05) is 11.9 Å². The van der Waals surface area contributed by atoms with Crippen LogP contribution < -0.4 is 10.1 Å². The monoisotopic (exact) mass is 330 g/mol. The predicted octanol–water partition coefficient (Wildman–Crippen LogP) is 3.05. The van der Waals surface area contributed by atoms with Gasteiger partial charge in [-0.15, -0.1) is 0 Å². The molecule has 1 N–H and O–H groups in total. The molecule has 24 heavy (non-hydrogen) atoms. The molecule has 6 heteroatoms. The summed E-state index contributed by atoms with van der Waals surface area (Å²) in [5.41, 5.74) is 0.581. The average Bonchev–Trinajstić information content (AvgIpc) is 3.01. The van der Waals surface area contributed by atoms with E-state index in [9.17, 15) is 9.59 Å². The Balaban J connectivity index is 2.02. The summed E-state index contributed by atoms with van der Waals surface area (Å²) >= 11 is 0. The van der Waals surface area contributed by atoms with Crippen LogP contribution >= 0.6 is 0 Å². The van der Waals surface area contributed by atoms with E-state index in [1.165, 1.54) is 18.1 Å². The van der Waals surface area contributed by atoms with E-state index < -0.39 is 0 Å². The predicted molar refractivity (Wildman–Crippen MR) is 90.6 cm³/mol. The zero-order valence-electron chi connectivity index (χ0n) is 14.1. The molecule has 6 nitrogen and oxygen atoms in total. The smallest absolute Gasteiger partial charge is 0.244 e. The number of ether oxygens (including phenoxy) is 1. The summed E-state index contributed by atoms with van der Waals surface area (Å²) < 4.78 is 10.9. The van der Waals surface area contributed by atoms with Gasteiger partial charge in [0.15, 0.2) is 0 Å². The second-order valence-corrected chi connectivity index (χ2v) is 5.67. The van der Waals surface area contributed by atoms with E-state index in [4.69, 9.17) is 9.15 Å². The van der Waals surface area contributed by atoms with Crippen LogP contribution in [0.1, 0.15) is 26.5 Å².